The molecule has 142 valence electrons. The summed E-state index contributed by atoms with van der Waals surface area (Å²) in [7, 11) is 0. The van der Waals surface area contributed by atoms with Crippen LogP contribution < -0.4 is 10.6 Å². The van der Waals surface area contributed by atoms with Gasteiger partial charge in [0, 0.05) is 17.5 Å². The summed E-state index contributed by atoms with van der Waals surface area (Å²) in [6.07, 6.45) is 3.36. The third-order valence-electron chi connectivity index (χ3n) is 4.75. The minimum Gasteiger partial charge on any atom is -0.432 e. The second-order valence-electron chi connectivity index (χ2n) is 6.59. The van der Waals surface area contributed by atoms with Crippen molar-refractivity contribution in [3.8, 4) is 0 Å². The SMILES string of the molecule is N=CC1=C(Nc2ccccc2F)CCCC1NC(=O)c1nc2ccccc2o1. The van der Waals surface area contributed by atoms with E-state index in [0.29, 0.717) is 35.2 Å². The lowest BCUT2D eigenvalue weighted by Crippen LogP contribution is -2.39. The van der Waals surface area contributed by atoms with Crippen LogP contribution in [0.3, 0.4) is 0 Å². The summed E-state index contributed by atoms with van der Waals surface area (Å²) >= 11 is 0. The molecule has 28 heavy (non-hydrogen) atoms. The van der Waals surface area contributed by atoms with Gasteiger partial charge in [0.15, 0.2) is 5.58 Å². The Morgan fingerprint density at radius 2 is 2.00 bits per heavy atom. The van der Waals surface area contributed by atoms with Gasteiger partial charge in [-0.25, -0.2) is 9.37 Å². The van der Waals surface area contributed by atoms with Crippen molar-refractivity contribution in [2.24, 2.45) is 0 Å². The fourth-order valence-electron chi connectivity index (χ4n) is 3.38. The lowest BCUT2D eigenvalue weighted by molar-refractivity contribution is 0.0908. The predicted octanol–water partition coefficient (Wildman–Crippen LogP) is 4.26. The summed E-state index contributed by atoms with van der Waals surface area (Å²) in [6, 6.07) is 13.2. The first-order valence-corrected chi connectivity index (χ1v) is 9.07. The Morgan fingerprint density at radius 3 is 2.79 bits per heavy atom. The molecule has 6 nitrogen and oxygen atoms in total. The molecule has 1 aliphatic rings. The number of aromatic nitrogens is 1. The molecule has 1 aromatic heterocycles. The third-order valence-corrected chi connectivity index (χ3v) is 4.75. The number of halogens is 1. The number of amides is 1. The highest BCUT2D eigenvalue weighted by atomic mass is 19.1. The average molecular weight is 378 g/mol. The van der Waals surface area contributed by atoms with Crippen molar-refractivity contribution in [1.29, 1.82) is 5.41 Å². The molecular formula is C21H19FN4O2. The maximum atomic E-state index is 14.0. The number of carbonyl (C=O) groups is 1. The lowest BCUT2D eigenvalue weighted by Gasteiger charge is -2.27. The molecule has 0 saturated carbocycles. The van der Waals surface area contributed by atoms with Crippen LogP contribution in [-0.2, 0) is 0 Å². The Kier molecular flexibility index (Phi) is 4.89. The number of fused-ring (bicyclic) bond motifs is 1. The first kappa shape index (κ1) is 17.9. The molecule has 1 heterocycles. The van der Waals surface area contributed by atoms with Crippen molar-refractivity contribution in [1.82, 2.24) is 10.3 Å². The first-order chi connectivity index (χ1) is 13.7. The van der Waals surface area contributed by atoms with E-state index in [2.05, 4.69) is 15.6 Å². The highest BCUT2D eigenvalue weighted by Gasteiger charge is 2.26. The number of carbonyl (C=O) groups excluding carboxylic acids is 1. The van der Waals surface area contributed by atoms with Crippen LogP contribution in [0.4, 0.5) is 10.1 Å². The molecule has 0 spiro atoms. The minimum absolute atomic E-state index is 0.0142. The number of benzene rings is 2. The normalized spacial score (nSPS) is 16.8. The van der Waals surface area contributed by atoms with Crippen LogP contribution in [0.25, 0.3) is 11.1 Å². The van der Waals surface area contributed by atoms with Crippen LogP contribution in [0, 0.1) is 11.2 Å². The summed E-state index contributed by atoms with van der Waals surface area (Å²) in [5, 5.41) is 13.8. The smallest absolute Gasteiger partial charge is 0.307 e. The van der Waals surface area contributed by atoms with Crippen LogP contribution >= 0.6 is 0 Å². The predicted molar refractivity (Wildman–Crippen MR) is 105 cm³/mol. The zero-order valence-electron chi connectivity index (χ0n) is 15.0. The van der Waals surface area contributed by atoms with Gasteiger partial charge in [-0.1, -0.05) is 24.3 Å². The van der Waals surface area contributed by atoms with E-state index in [1.165, 1.54) is 12.3 Å². The molecule has 0 aliphatic heterocycles. The fraction of sp³-hybridized carbons (Fsp3) is 0.190. The number of hydrogen-bond acceptors (Lipinski definition) is 5. The van der Waals surface area contributed by atoms with E-state index < -0.39 is 5.91 Å². The zero-order chi connectivity index (χ0) is 19.5. The molecule has 0 bridgehead atoms. The van der Waals surface area contributed by atoms with Crippen molar-refractivity contribution in [2.45, 2.75) is 25.3 Å². The highest BCUT2D eigenvalue weighted by Crippen LogP contribution is 2.27. The Hall–Kier alpha value is -3.48. The van der Waals surface area contributed by atoms with Gasteiger partial charge >= 0.3 is 5.91 Å². The Morgan fingerprint density at radius 1 is 1.21 bits per heavy atom. The minimum atomic E-state index is -0.437. The summed E-state index contributed by atoms with van der Waals surface area (Å²) in [4.78, 5) is 16.8. The summed E-state index contributed by atoms with van der Waals surface area (Å²) in [5.41, 5.74) is 2.86. The summed E-state index contributed by atoms with van der Waals surface area (Å²) in [6.45, 7) is 0. The van der Waals surface area contributed by atoms with Gasteiger partial charge in [0.05, 0.1) is 11.7 Å². The molecule has 1 unspecified atom stereocenters. The molecule has 1 amide bonds. The van der Waals surface area contributed by atoms with Crippen molar-refractivity contribution < 1.29 is 13.6 Å². The fourth-order valence-corrected chi connectivity index (χ4v) is 3.38. The quantitative estimate of drug-likeness (QED) is 0.579. The van der Waals surface area contributed by atoms with Crippen molar-refractivity contribution in [3.63, 3.8) is 0 Å². The van der Waals surface area contributed by atoms with Gasteiger partial charge in [0.25, 0.3) is 5.89 Å². The number of nitrogens with zero attached hydrogens (tertiary/aromatic N) is 1. The molecule has 1 atom stereocenters. The van der Waals surface area contributed by atoms with Crippen LogP contribution in [0.15, 0.2) is 64.2 Å². The van der Waals surface area contributed by atoms with E-state index in [1.807, 2.05) is 12.1 Å². The number of nitrogens with one attached hydrogen (secondary N) is 3. The maximum absolute atomic E-state index is 14.0. The van der Waals surface area contributed by atoms with Gasteiger partial charge in [-0.2, -0.15) is 0 Å². The van der Waals surface area contributed by atoms with E-state index in [9.17, 15) is 9.18 Å². The van der Waals surface area contributed by atoms with Crippen LogP contribution in [0.5, 0.6) is 0 Å². The maximum Gasteiger partial charge on any atom is 0.307 e. The lowest BCUT2D eigenvalue weighted by atomic mass is 9.91. The number of oxazole rings is 1. The van der Waals surface area contributed by atoms with Gasteiger partial charge in [-0.05, 0) is 43.5 Å². The van der Waals surface area contributed by atoms with Crippen LogP contribution in [-0.4, -0.2) is 23.1 Å². The van der Waals surface area contributed by atoms with Crippen LogP contribution in [0.1, 0.15) is 29.9 Å². The summed E-state index contributed by atoms with van der Waals surface area (Å²) in [5.74, 6) is -0.815. The summed E-state index contributed by atoms with van der Waals surface area (Å²) < 4.78 is 19.5. The molecule has 1 aliphatic carbocycles. The van der Waals surface area contributed by atoms with Gasteiger partial charge < -0.3 is 20.5 Å². The van der Waals surface area contributed by atoms with E-state index in [1.54, 1.807) is 30.3 Å². The molecule has 3 aromatic rings. The van der Waals surface area contributed by atoms with Crippen molar-refractivity contribution in [3.05, 3.63) is 71.5 Å². The van der Waals surface area contributed by atoms with Crippen molar-refractivity contribution >= 4 is 28.9 Å². The highest BCUT2D eigenvalue weighted by molar-refractivity contribution is 5.94. The standard InChI is InChI=1S/C21H19FN4O2/c22-14-6-1-2-7-17(14)24-15-9-5-10-16(13(15)12-23)25-20(27)21-26-18-8-3-4-11-19(18)28-21/h1-4,6-8,11-12,16,23-24H,5,9-10H2,(H,25,27). The van der Waals surface area contributed by atoms with E-state index >= 15 is 0 Å². The Balaban J connectivity index is 1.57. The first-order valence-electron chi connectivity index (χ1n) is 9.07. The molecule has 2 aromatic carbocycles. The zero-order valence-corrected chi connectivity index (χ0v) is 15.0. The average Bonchev–Trinajstić information content (AvgIpc) is 3.14. The van der Waals surface area contributed by atoms with E-state index in [4.69, 9.17) is 9.83 Å². The van der Waals surface area contributed by atoms with Gasteiger partial charge in [-0.15, -0.1) is 0 Å². The van der Waals surface area contributed by atoms with E-state index in [-0.39, 0.29) is 17.7 Å². The van der Waals surface area contributed by atoms with Gasteiger partial charge in [-0.3, -0.25) is 4.79 Å². The van der Waals surface area contributed by atoms with E-state index in [0.717, 1.165) is 12.1 Å². The van der Waals surface area contributed by atoms with Crippen LogP contribution in [0.2, 0.25) is 0 Å². The molecule has 0 fully saturated rings. The second-order valence-corrected chi connectivity index (χ2v) is 6.59. The monoisotopic (exact) mass is 378 g/mol. The molecule has 0 saturated heterocycles. The largest absolute Gasteiger partial charge is 0.432 e. The Bertz CT molecular complexity index is 1040. The third kappa shape index (κ3) is 3.51. The number of rotatable bonds is 5. The Labute approximate surface area is 161 Å². The van der Waals surface area contributed by atoms with Gasteiger partial charge in [0.1, 0.15) is 11.3 Å². The molecule has 7 heteroatoms. The molecular weight excluding hydrogens is 359 g/mol. The molecule has 4 rings (SSSR count). The number of hydrogen-bond donors (Lipinski definition) is 3. The molecule has 0 radical (unpaired) electrons. The molecule has 3 N–H and O–H groups in total. The number of para-hydroxylation sites is 3. The van der Waals surface area contributed by atoms with Gasteiger partial charge in [0.2, 0.25) is 0 Å². The second kappa shape index (κ2) is 7.64. The topological polar surface area (TPSA) is 91.0 Å². The number of anilines is 1. The number of allylic oxidation sites excluding steroid dienone is 1. The van der Waals surface area contributed by atoms with Crippen molar-refractivity contribution in [2.75, 3.05) is 5.32 Å².